The van der Waals surface area contributed by atoms with Gasteiger partial charge < -0.3 is 0 Å². The Labute approximate surface area is 141 Å². The van der Waals surface area contributed by atoms with Gasteiger partial charge in [-0.2, -0.15) is 5.10 Å². The van der Waals surface area contributed by atoms with Crippen LogP contribution in [-0.2, 0) is 6.54 Å². The lowest BCUT2D eigenvalue weighted by molar-refractivity contribution is 0.631. The highest BCUT2D eigenvalue weighted by Crippen LogP contribution is 2.24. The van der Waals surface area contributed by atoms with Gasteiger partial charge in [-0.1, -0.05) is 53.0 Å². The summed E-state index contributed by atoms with van der Waals surface area (Å²) in [7, 11) is 0. The van der Waals surface area contributed by atoms with Crippen molar-refractivity contribution >= 4 is 34.5 Å². The first-order valence-electron chi connectivity index (χ1n) is 6.47. The van der Waals surface area contributed by atoms with E-state index in [2.05, 4.69) is 10.1 Å². The van der Waals surface area contributed by atoms with E-state index in [1.807, 2.05) is 36.6 Å². The van der Waals surface area contributed by atoms with Gasteiger partial charge in [0.1, 0.15) is 10.0 Å². The van der Waals surface area contributed by atoms with Crippen LogP contribution < -0.4 is 5.56 Å². The highest BCUT2D eigenvalue weighted by atomic mass is 35.5. The molecule has 112 valence electrons. The first-order chi connectivity index (χ1) is 10.5. The van der Waals surface area contributed by atoms with E-state index in [0.717, 1.165) is 16.3 Å². The van der Waals surface area contributed by atoms with E-state index in [1.54, 1.807) is 0 Å². The third kappa shape index (κ3) is 3.06. The van der Waals surface area contributed by atoms with Crippen molar-refractivity contribution in [1.82, 2.24) is 14.8 Å². The van der Waals surface area contributed by atoms with E-state index >= 15 is 0 Å². The summed E-state index contributed by atoms with van der Waals surface area (Å²) in [6.07, 6.45) is 1.36. The summed E-state index contributed by atoms with van der Waals surface area (Å²) >= 11 is 13.1. The van der Waals surface area contributed by atoms with Gasteiger partial charge in [0, 0.05) is 10.9 Å². The summed E-state index contributed by atoms with van der Waals surface area (Å²) in [6, 6.07) is 8.14. The van der Waals surface area contributed by atoms with Crippen molar-refractivity contribution < 1.29 is 0 Å². The van der Waals surface area contributed by atoms with Gasteiger partial charge in [0.25, 0.3) is 5.56 Å². The second kappa shape index (κ2) is 6.20. The van der Waals surface area contributed by atoms with E-state index in [4.69, 9.17) is 23.2 Å². The van der Waals surface area contributed by atoms with Crippen LogP contribution in [0.15, 0.2) is 40.6 Å². The lowest BCUT2D eigenvalue weighted by Crippen LogP contribution is -2.23. The van der Waals surface area contributed by atoms with Gasteiger partial charge in [-0.05, 0) is 6.92 Å². The smallest absolute Gasteiger partial charge is 0.266 e. The molecule has 0 amide bonds. The van der Waals surface area contributed by atoms with Crippen LogP contribution in [0.5, 0.6) is 0 Å². The van der Waals surface area contributed by atoms with E-state index in [1.165, 1.54) is 27.8 Å². The maximum absolute atomic E-state index is 12.0. The van der Waals surface area contributed by atoms with Gasteiger partial charge >= 0.3 is 0 Å². The number of hydrogen-bond donors (Lipinski definition) is 0. The Kier molecular flexibility index (Phi) is 4.29. The van der Waals surface area contributed by atoms with E-state index < -0.39 is 5.56 Å². The Bertz CT molecular complexity index is 871. The molecule has 0 N–H and O–H groups in total. The van der Waals surface area contributed by atoms with E-state index in [0.29, 0.717) is 0 Å². The minimum Gasteiger partial charge on any atom is -0.266 e. The van der Waals surface area contributed by atoms with Crippen LogP contribution >= 0.6 is 34.5 Å². The number of hydrogen-bond acceptors (Lipinski definition) is 4. The Morgan fingerprint density at radius 2 is 1.95 bits per heavy atom. The third-order valence-corrected chi connectivity index (χ3v) is 4.79. The number of benzene rings is 1. The minimum atomic E-state index is -0.418. The lowest BCUT2D eigenvalue weighted by Gasteiger charge is -2.03. The van der Waals surface area contributed by atoms with E-state index in [-0.39, 0.29) is 16.6 Å². The van der Waals surface area contributed by atoms with Crippen LogP contribution in [0.3, 0.4) is 0 Å². The molecule has 0 aliphatic carbocycles. The van der Waals surface area contributed by atoms with Crippen LogP contribution in [-0.4, -0.2) is 14.8 Å². The molecular weight excluding hydrogens is 341 g/mol. The standard InChI is InChI=1S/C15H11Cl2N3OS/c1-9-2-4-10(5-3-9)14-19-11(8-22-14)7-20-15(21)13(17)12(16)6-18-20/h2-6,8H,7H2,1H3. The lowest BCUT2D eigenvalue weighted by atomic mass is 10.2. The van der Waals surface area contributed by atoms with Crippen LogP contribution in [0.2, 0.25) is 10.0 Å². The van der Waals surface area contributed by atoms with Crippen molar-refractivity contribution in [2.75, 3.05) is 0 Å². The third-order valence-electron chi connectivity index (χ3n) is 3.10. The Morgan fingerprint density at radius 3 is 2.68 bits per heavy atom. The molecule has 1 aromatic carbocycles. The molecule has 0 bridgehead atoms. The zero-order chi connectivity index (χ0) is 15.7. The molecule has 0 spiro atoms. The molecule has 7 heteroatoms. The molecule has 0 aliphatic rings. The molecule has 4 nitrogen and oxygen atoms in total. The zero-order valence-corrected chi connectivity index (χ0v) is 13.9. The second-order valence-corrected chi connectivity index (χ2v) is 6.42. The SMILES string of the molecule is Cc1ccc(-c2nc(Cn3ncc(Cl)c(Cl)c3=O)cs2)cc1. The minimum absolute atomic E-state index is 0.0225. The van der Waals surface area contributed by atoms with Gasteiger partial charge in [0.05, 0.1) is 23.5 Å². The van der Waals surface area contributed by atoms with Gasteiger partial charge in [0.2, 0.25) is 0 Å². The highest BCUT2D eigenvalue weighted by Gasteiger charge is 2.10. The molecule has 0 saturated carbocycles. The first-order valence-corrected chi connectivity index (χ1v) is 8.11. The predicted molar refractivity (Wildman–Crippen MR) is 89.9 cm³/mol. The summed E-state index contributed by atoms with van der Waals surface area (Å²) in [5.74, 6) is 0. The maximum atomic E-state index is 12.0. The average molecular weight is 352 g/mol. The predicted octanol–water partition coefficient (Wildman–Crippen LogP) is 4.03. The molecule has 3 rings (SSSR count). The molecule has 0 fully saturated rings. The molecule has 2 aromatic heterocycles. The van der Waals surface area contributed by atoms with Crippen LogP contribution in [0, 0.1) is 6.92 Å². The van der Waals surface area contributed by atoms with Gasteiger partial charge in [0.15, 0.2) is 0 Å². The number of aryl methyl sites for hydroxylation is 1. The number of rotatable bonds is 3. The Morgan fingerprint density at radius 1 is 1.23 bits per heavy atom. The van der Waals surface area contributed by atoms with Crippen LogP contribution in [0.1, 0.15) is 11.3 Å². The number of thiazole rings is 1. The van der Waals surface area contributed by atoms with Crippen molar-refractivity contribution in [2.24, 2.45) is 0 Å². The number of aromatic nitrogens is 3. The monoisotopic (exact) mass is 351 g/mol. The fourth-order valence-corrected chi connectivity index (χ4v) is 3.01. The Balaban J connectivity index is 1.87. The quantitative estimate of drug-likeness (QED) is 0.715. The molecule has 0 radical (unpaired) electrons. The highest BCUT2D eigenvalue weighted by molar-refractivity contribution is 7.13. The van der Waals surface area contributed by atoms with Crippen molar-refractivity contribution in [1.29, 1.82) is 0 Å². The maximum Gasteiger partial charge on any atom is 0.287 e. The zero-order valence-electron chi connectivity index (χ0n) is 11.6. The van der Waals surface area contributed by atoms with Crippen molar-refractivity contribution in [3.8, 4) is 10.6 Å². The first kappa shape index (κ1) is 15.2. The fourth-order valence-electron chi connectivity index (χ4n) is 1.92. The molecule has 0 aliphatic heterocycles. The molecule has 0 saturated heterocycles. The van der Waals surface area contributed by atoms with Crippen LogP contribution in [0.25, 0.3) is 10.6 Å². The molecule has 3 aromatic rings. The summed E-state index contributed by atoms with van der Waals surface area (Å²) in [5, 5.41) is 6.93. The summed E-state index contributed by atoms with van der Waals surface area (Å²) in [6.45, 7) is 2.30. The average Bonchev–Trinajstić information content (AvgIpc) is 2.97. The van der Waals surface area contributed by atoms with Crippen molar-refractivity contribution in [3.05, 3.63) is 67.5 Å². The van der Waals surface area contributed by atoms with Crippen molar-refractivity contribution in [3.63, 3.8) is 0 Å². The molecule has 0 atom stereocenters. The molecule has 2 heterocycles. The van der Waals surface area contributed by atoms with Crippen molar-refractivity contribution in [2.45, 2.75) is 13.5 Å². The fraction of sp³-hybridized carbons (Fsp3) is 0.133. The normalized spacial score (nSPS) is 10.9. The van der Waals surface area contributed by atoms with Crippen LogP contribution in [0.4, 0.5) is 0 Å². The molecular formula is C15H11Cl2N3OS. The summed E-state index contributed by atoms with van der Waals surface area (Å²) < 4.78 is 1.25. The number of halogens is 2. The molecule has 0 unspecified atom stereocenters. The van der Waals surface area contributed by atoms with Gasteiger partial charge in [-0.3, -0.25) is 4.79 Å². The largest absolute Gasteiger partial charge is 0.287 e. The van der Waals surface area contributed by atoms with Gasteiger partial charge in [-0.25, -0.2) is 9.67 Å². The second-order valence-electron chi connectivity index (χ2n) is 4.78. The van der Waals surface area contributed by atoms with E-state index in [9.17, 15) is 4.79 Å². The Hall–Kier alpha value is -1.69. The topological polar surface area (TPSA) is 47.8 Å². The van der Waals surface area contributed by atoms with Gasteiger partial charge in [-0.15, -0.1) is 11.3 Å². The summed E-state index contributed by atoms with van der Waals surface area (Å²) in [5.41, 5.74) is 2.59. The number of nitrogens with zero attached hydrogens (tertiary/aromatic N) is 3. The molecule has 22 heavy (non-hydrogen) atoms. The summed E-state index contributed by atoms with van der Waals surface area (Å²) in [4.78, 5) is 16.5.